The van der Waals surface area contributed by atoms with E-state index < -0.39 is 0 Å². The third-order valence-electron chi connectivity index (χ3n) is 4.83. The molecule has 1 aliphatic heterocycles. The van der Waals surface area contributed by atoms with E-state index in [0.717, 1.165) is 21.2 Å². The lowest BCUT2D eigenvalue weighted by molar-refractivity contribution is -0.122. The second-order valence-electron chi connectivity index (χ2n) is 7.06. The van der Waals surface area contributed by atoms with E-state index in [2.05, 4.69) is 15.9 Å². The highest BCUT2D eigenvalue weighted by molar-refractivity contribution is 9.10. The third-order valence-corrected chi connectivity index (χ3v) is 6.80. The SMILES string of the molecule is COc1cc(C=C2SC(=S)N(Cc3ccccc3)C2=O)cc(Br)c1OCc1ccccc1. The number of halogens is 1. The van der Waals surface area contributed by atoms with E-state index in [1.54, 1.807) is 12.0 Å². The van der Waals surface area contributed by atoms with Crippen LogP contribution in [0.1, 0.15) is 16.7 Å². The molecule has 3 aromatic carbocycles. The van der Waals surface area contributed by atoms with Gasteiger partial charge in [-0.15, -0.1) is 0 Å². The average molecular weight is 526 g/mol. The smallest absolute Gasteiger partial charge is 0.266 e. The number of benzene rings is 3. The molecule has 0 spiro atoms. The molecule has 7 heteroatoms. The van der Waals surface area contributed by atoms with Gasteiger partial charge in [-0.3, -0.25) is 9.69 Å². The van der Waals surface area contributed by atoms with Crippen LogP contribution < -0.4 is 9.47 Å². The van der Waals surface area contributed by atoms with Gasteiger partial charge in [0.25, 0.3) is 5.91 Å². The highest BCUT2D eigenvalue weighted by Crippen LogP contribution is 2.39. The van der Waals surface area contributed by atoms with Gasteiger partial charge >= 0.3 is 0 Å². The first-order chi connectivity index (χ1) is 15.5. The summed E-state index contributed by atoms with van der Waals surface area (Å²) >= 11 is 10.4. The molecule has 0 radical (unpaired) electrons. The molecule has 1 amide bonds. The molecular formula is C25H20BrNO3S2. The van der Waals surface area contributed by atoms with E-state index in [0.29, 0.717) is 33.9 Å². The molecule has 0 atom stereocenters. The standard InChI is InChI=1S/C25H20BrNO3S2/c1-29-21-13-19(12-20(26)23(21)30-16-18-10-6-3-7-11-18)14-22-24(28)27(25(31)32-22)15-17-8-4-2-5-9-17/h2-14H,15-16H2,1H3. The molecule has 1 aliphatic rings. The zero-order valence-corrected chi connectivity index (χ0v) is 20.5. The number of thioether (sulfide) groups is 1. The number of methoxy groups -OCH3 is 1. The fourth-order valence-corrected chi connectivity index (χ4v) is 5.08. The van der Waals surface area contributed by atoms with E-state index in [-0.39, 0.29) is 5.91 Å². The van der Waals surface area contributed by atoms with Crippen molar-refractivity contribution in [1.82, 2.24) is 4.90 Å². The molecular weight excluding hydrogens is 506 g/mol. The maximum Gasteiger partial charge on any atom is 0.266 e. The van der Waals surface area contributed by atoms with Crippen molar-refractivity contribution in [3.05, 3.63) is 98.9 Å². The normalized spacial score (nSPS) is 14.8. The number of hydrogen-bond acceptors (Lipinski definition) is 5. The van der Waals surface area contributed by atoms with Gasteiger partial charge in [0.1, 0.15) is 10.9 Å². The van der Waals surface area contributed by atoms with Crippen LogP contribution in [-0.4, -0.2) is 22.2 Å². The number of rotatable bonds is 7. The highest BCUT2D eigenvalue weighted by atomic mass is 79.9. The van der Waals surface area contributed by atoms with Crippen LogP contribution in [0.15, 0.2) is 82.2 Å². The predicted molar refractivity (Wildman–Crippen MR) is 137 cm³/mol. The van der Waals surface area contributed by atoms with Crippen LogP contribution in [0.5, 0.6) is 11.5 Å². The summed E-state index contributed by atoms with van der Waals surface area (Å²) in [6.07, 6.45) is 1.83. The maximum absolute atomic E-state index is 13.0. The Morgan fingerprint density at radius 2 is 1.69 bits per heavy atom. The summed E-state index contributed by atoms with van der Waals surface area (Å²) in [5.74, 6) is 1.11. The molecule has 4 nitrogen and oxygen atoms in total. The van der Waals surface area contributed by atoms with Gasteiger partial charge < -0.3 is 9.47 Å². The topological polar surface area (TPSA) is 38.8 Å². The lowest BCUT2D eigenvalue weighted by Crippen LogP contribution is -2.27. The molecule has 1 fully saturated rings. The summed E-state index contributed by atoms with van der Waals surface area (Å²) in [7, 11) is 1.60. The average Bonchev–Trinajstić information content (AvgIpc) is 3.06. The summed E-state index contributed by atoms with van der Waals surface area (Å²) < 4.78 is 12.9. The van der Waals surface area contributed by atoms with Crippen molar-refractivity contribution in [1.29, 1.82) is 0 Å². The number of carbonyl (C=O) groups is 1. The lowest BCUT2D eigenvalue weighted by Gasteiger charge is -2.14. The van der Waals surface area contributed by atoms with Gasteiger partial charge in [0.2, 0.25) is 0 Å². The van der Waals surface area contributed by atoms with Crippen molar-refractivity contribution in [2.24, 2.45) is 0 Å². The fourth-order valence-electron chi connectivity index (χ4n) is 3.25. The minimum Gasteiger partial charge on any atom is -0.493 e. The summed E-state index contributed by atoms with van der Waals surface area (Å²) in [5.41, 5.74) is 2.92. The van der Waals surface area contributed by atoms with Gasteiger partial charge in [0.05, 0.1) is 23.0 Å². The molecule has 1 heterocycles. The number of hydrogen-bond donors (Lipinski definition) is 0. The number of nitrogens with zero attached hydrogens (tertiary/aromatic N) is 1. The molecule has 0 N–H and O–H groups in total. The van der Waals surface area contributed by atoms with Crippen molar-refractivity contribution >= 4 is 56.2 Å². The van der Waals surface area contributed by atoms with Crippen LogP contribution in [0.25, 0.3) is 6.08 Å². The van der Waals surface area contributed by atoms with Crippen LogP contribution in [-0.2, 0) is 17.9 Å². The summed E-state index contributed by atoms with van der Waals surface area (Å²) in [6, 6.07) is 23.5. The van der Waals surface area contributed by atoms with Gasteiger partial charge in [-0.25, -0.2) is 0 Å². The minimum absolute atomic E-state index is 0.0941. The van der Waals surface area contributed by atoms with E-state index in [9.17, 15) is 4.79 Å². The van der Waals surface area contributed by atoms with Crippen molar-refractivity contribution in [2.45, 2.75) is 13.2 Å². The molecule has 0 aliphatic carbocycles. The predicted octanol–water partition coefficient (Wildman–Crippen LogP) is 6.44. The Kier molecular flexibility index (Phi) is 7.29. The Bertz CT molecular complexity index is 1170. The second kappa shape index (κ2) is 10.3. The lowest BCUT2D eigenvalue weighted by atomic mass is 10.1. The van der Waals surface area contributed by atoms with Crippen LogP contribution in [0.2, 0.25) is 0 Å². The van der Waals surface area contributed by atoms with Gasteiger partial charge in [0.15, 0.2) is 11.5 Å². The van der Waals surface area contributed by atoms with E-state index in [1.165, 1.54) is 11.8 Å². The van der Waals surface area contributed by atoms with Gasteiger partial charge in [0, 0.05) is 0 Å². The summed E-state index contributed by atoms with van der Waals surface area (Å²) in [4.78, 5) is 15.2. The molecule has 0 unspecified atom stereocenters. The quantitative estimate of drug-likeness (QED) is 0.262. The van der Waals surface area contributed by atoms with Gasteiger partial charge in [-0.05, 0) is 50.8 Å². The molecule has 1 saturated heterocycles. The Labute approximate surface area is 205 Å². The second-order valence-corrected chi connectivity index (χ2v) is 9.59. The highest BCUT2D eigenvalue weighted by Gasteiger charge is 2.32. The molecule has 162 valence electrons. The van der Waals surface area contributed by atoms with Crippen LogP contribution >= 0.6 is 39.9 Å². The first kappa shape index (κ1) is 22.6. The zero-order valence-electron chi connectivity index (χ0n) is 17.3. The Morgan fingerprint density at radius 1 is 1.03 bits per heavy atom. The maximum atomic E-state index is 13.0. The van der Waals surface area contributed by atoms with Crippen molar-refractivity contribution in [3.63, 3.8) is 0 Å². The number of amides is 1. The molecule has 4 rings (SSSR count). The zero-order chi connectivity index (χ0) is 22.5. The van der Waals surface area contributed by atoms with Crippen LogP contribution in [0.4, 0.5) is 0 Å². The first-order valence-electron chi connectivity index (χ1n) is 9.88. The number of carbonyl (C=O) groups excluding carboxylic acids is 1. The molecule has 32 heavy (non-hydrogen) atoms. The first-order valence-corrected chi connectivity index (χ1v) is 11.9. The summed E-state index contributed by atoms with van der Waals surface area (Å²) in [5, 5.41) is 0. The third kappa shape index (κ3) is 5.23. The largest absolute Gasteiger partial charge is 0.493 e. The minimum atomic E-state index is -0.0941. The Hall–Kier alpha value is -2.61. The Morgan fingerprint density at radius 3 is 2.34 bits per heavy atom. The number of ether oxygens (including phenoxy) is 2. The molecule has 0 bridgehead atoms. The molecule has 3 aromatic rings. The van der Waals surface area contributed by atoms with Crippen molar-refractivity contribution in [2.75, 3.05) is 7.11 Å². The fraction of sp³-hybridized carbons (Fsp3) is 0.120. The number of thiocarbonyl (C=S) groups is 1. The van der Waals surface area contributed by atoms with E-state index in [1.807, 2.05) is 78.9 Å². The van der Waals surface area contributed by atoms with Gasteiger partial charge in [-0.2, -0.15) is 0 Å². The Balaban J connectivity index is 1.54. The van der Waals surface area contributed by atoms with Gasteiger partial charge in [-0.1, -0.05) is 84.6 Å². The van der Waals surface area contributed by atoms with E-state index in [4.69, 9.17) is 21.7 Å². The monoisotopic (exact) mass is 525 g/mol. The summed E-state index contributed by atoms with van der Waals surface area (Å²) in [6.45, 7) is 0.884. The molecule has 0 aromatic heterocycles. The van der Waals surface area contributed by atoms with Crippen LogP contribution in [0.3, 0.4) is 0 Å². The van der Waals surface area contributed by atoms with Crippen LogP contribution in [0, 0.1) is 0 Å². The van der Waals surface area contributed by atoms with Crippen molar-refractivity contribution in [3.8, 4) is 11.5 Å². The van der Waals surface area contributed by atoms with E-state index >= 15 is 0 Å². The van der Waals surface area contributed by atoms with Crippen molar-refractivity contribution < 1.29 is 14.3 Å². The molecule has 0 saturated carbocycles.